The number of hydrazine groups is 1. The normalized spacial score (nSPS) is 14.8. The van der Waals surface area contributed by atoms with E-state index in [4.69, 9.17) is 0 Å². The van der Waals surface area contributed by atoms with E-state index < -0.39 is 5.91 Å². The van der Waals surface area contributed by atoms with Gasteiger partial charge in [-0.2, -0.15) is 0 Å². The smallest absolute Gasteiger partial charge is 0.265 e. The highest BCUT2D eigenvalue weighted by Gasteiger charge is 2.20. The van der Waals surface area contributed by atoms with Crippen molar-refractivity contribution in [1.82, 2.24) is 10.4 Å². The number of hydrogen-bond donors (Lipinski definition) is 1. The zero-order valence-electron chi connectivity index (χ0n) is 13.0. The van der Waals surface area contributed by atoms with Crippen LogP contribution in [0.3, 0.4) is 0 Å². The highest BCUT2D eigenvalue weighted by atomic mass is 16.2. The quantitative estimate of drug-likeness (QED) is 0.647. The van der Waals surface area contributed by atoms with Gasteiger partial charge < -0.3 is 0 Å². The van der Waals surface area contributed by atoms with Gasteiger partial charge in [0.05, 0.1) is 0 Å². The van der Waals surface area contributed by atoms with Crippen molar-refractivity contribution in [2.24, 2.45) is 5.92 Å². The van der Waals surface area contributed by atoms with Crippen LogP contribution in [0, 0.1) is 5.92 Å². The first-order chi connectivity index (χ1) is 11.2. The number of hydrogen-bond acceptors (Lipinski definition) is 3. The molecular formula is C18H21N2O3. The van der Waals surface area contributed by atoms with E-state index in [1.54, 1.807) is 12.4 Å². The Balaban J connectivity index is 1.90. The van der Waals surface area contributed by atoms with Gasteiger partial charge in [-0.05, 0) is 30.4 Å². The fourth-order valence-electron chi connectivity index (χ4n) is 2.73. The van der Waals surface area contributed by atoms with Crippen LogP contribution in [0.2, 0.25) is 0 Å². The molecule has 5 nitrogen and oxygen atoms in total. The van der Waals surface area contributed by atoms with Gasteiger partial charge in [0, 0.05) is 12.5 Å². The standard InChI is InChI=1S/C18H21N2O3/c21-13-12-20(19-17(22)14-16-8-4-5-9-16)18(23)11-10-15-6-2-1-3-7-15/h1-3,6-7,10-11,16H,4-5,8-9,12,14H2,(H,19,22). The van der Waals surface area contributed by atoms with Crippen molar-refractivity contribution in [2.45, 2.75) is 32.1 Å². The molecule has 0 spiro atoms. The van der Waals surface area contributed by atoms with Crippen LogP contribution < -0.4 is 5.43 Å². The lowest BCUT2D eigenvalue weighted by molar-refractivity contribution is -0.137. The minimum Gasteiger partial charge on any atom is -0.289 e. The molecule has 0 aromatic heterocycles. The van der Waals surface area contributed by atoms with Crippen molar-refractivity contribution in [2.75, 3.05) is 6.54 Å². The summed E-state index contributed by atoms with van der Waals surface area (Å²) in [4.78, 5) is 34.8. The van der Waals surface area contributed by atoms with Crippen LogP contribution in [0.15, 0.2) is 36.4 Å². The van der Waals surface area contributed by atoms with Crippen molar-refractivity contribution in [3.8, 4) is 0 Å². The van der Waals surface area contributed by atoms with Crippen molar-refractivity contribution < 1.29 is 14.4 Å². The van der Waals surface area contributed by atoms with Gasteiger partial charge >= 0.3 is 0 Å². The third-order valence-electron chi connectivity index (χ3n) is 3.92. The molecule has 2 rings (SSSR count). The summed E-state index contributed by atoms with van der Waals surface area (Å²) in [6.07, 6.45) is 9.44. The Morgan fingerprint density at radius 2 is 1.91 bits per heavy atom. The Labute approximate surface area is 136 Å². The van der Waals surface area contributed by atoms with Gasteiger partial charge in [-0.1, -0.05) is 43.2 Å². The number of amides is 2. The molecule has 1 aliphatic rings. The van der Waals surface area contributed by atoms with Gasteiger partial charge in [-0.25, -0.2) is 5.01 Å². The van der Waals surface area contributed by atoms with Gasteiger partial charge in [0.2, 0.25) is 12.2 Å². The predicted octanol–water partition coefficient (Wildman–Crippen LogP) is 2.25. The number of carbonyl (C=O) groups excluding carboxylic acids is 3. The fourth-order valence-corrected chi connectivity index (χ4v) is 2.73. The summed E-state index contributed by atoms with van der Waals surface area (Å²) in [6.45, 7) is -0.283. The van der Waals surface area contributed by atoms with Gasteiger partial charge in [0.25, 0.3) is 5.91 Å². The second-order valence-electron chi connectivity index (χ2n) is 5.70. The summed E-state index contributed by atoms with van der Waals surface area (Å²) in [7, 11) is 0. The molecule has 23 heavy (non-hydrogen) atoms. The monoisotopic (exact) mass is 313 g/mol. The predicted molar refractivity (Wildman–Crippen MR) is 87.6 cm³/mol. The number of benzene rings is 1. The topological polar surface area (TPSA) is 66.5 Å². The van der Waals surface area contributed by atoms with Crippen molar-refractivity contribution in [3.63, 3.8) is 0 Å². The van der Waals surface area contributed by atoms with Crippen LogP contribution in [0.4, 0.5) is 0 Å². The molecule has 0 aliphatic heterocycles. The Hall–Kier alpha value is -2.43. The third kappa shape index (κ3) is 5.70. The van der Waals surface area contributed by atoms with E-state index in [0.717, 1.165) is 36.3 Å². The minimum absolute atomic E-state index is 0.228. The molecule has 1 aromatic carbocycles. The molecule has 0 atom stereocenters. The molecule has 0 unspecified atom stereocenters. The number of carbonyl (C=O) groups is 2. The highest BCUT2D eigenvalue weighted by molar-refractivity contribution is 5.94. The summed E-state index contributed by atoms with van der Waals surface area (Å²) in [5.41, 5.74) is 3.38. The van der Waals surface area contributed by atoms with Crippen LogP contribution in [0.5, 0.6) is 0 Å². The van der Waals surface area contributed by atoms with E-state index in [-0.39, 0.29) is 12.5 Å². The van der Waals surface area contributed by atoms with Gasteiger partial charge in [0.15, 0.2) is 0 Å². The molecule has 0 saturated heterocycles. The van der Waals surface area contributed by atoms with Gasteiger partial charge in [-0.3, -0.25) is 19.8 Å². The fraction of sp³-hybridized carbons (Fsp3) is 0.389. The second kappa shape index (κ2) is 8.88. The third-order valence-corrected chi connectivity index (χ3v) is 3.92. The van der Waals surface area contributed by atoms with E-state index in [2.05, 4.69) is 5.43 Å². The van der Waals surface area contributed by atoms with Crippen molar-refractivity contribution >= 4 is 24.2 Å². The van der Waals surface area contributed by atoms with Crippen LogP contribution in [-0.4, -0.2) is 29.7 Å². The maximum Gasteiger partial charge on any atom is 0.265 e. The molecule has 121 valence electrons. The number of nitrogens with zero attached hydrogens (tertiary/aromatic N) is 1. The Morgan fingerprint density at radius 1 is 1.22 bits per heavy atom. The molecule has 5 heteroatoms. The molecule has 0 bridgehead atoms. The van der Waals surface area contributed by atoms with E-state index in [0.29, 0.717) is 12.3 Å². The Morgan fingerprint density at radius 3 is 2.57 bits per heavy atom. The summed E-state index contributed by atoms with van der Waals surface area (Å²) >= 11 is 0. The van der Waals surface area contributed by atoms with Crippen LogP contribution in [-0.2, 0) is 14.4 Å². The molecule has 1 radical (unpaired) electrons. The number of rotatable bonds is 6. The molecule has 1 fully saturated rings. The molecule has 1 aliphatic carbocycles. The lowest BCUT2D eigenvalue weighted by atomic mass is 10.0. The average molecular weight is 313 g/mol. The Kier molecular flexibility index (Phi) is 6.54. The summed E-state index contributed by atoms with van der Waals surface area (Å²) in [5.74, 6) is -0.294. The highest BCUT2D eigenvalue weighted by Crippen LogP contribution is 2.27. The van der Waals surface area contributed by atoms with E-state index in [1.165, 1.54) is 6.08 Å². The Bertz CT molecular complexity index is 563. The molecular weight excluding hydrogens is 292 g/mol. The van der Waals surface area contributed by atoms with Gasteiger partial charge in [-0.15, -0.1) is 0 Å². The first kappa shape index (κ1) is 16.9. The van der Waals surface area contributed by atoms with E-state index >= 15 is 0 Å². The lowest BCUT2D eigenvalue weighted by Gasteiger charge is -2.20. The van der Waals surface area contributed by atoms with Crippen LogP contribution in [0.25, 0.3) is 6.08 Å². The first-order valence-electron chi connectivity index (χ1n) is 7.88. The van der Waals surface area contributed by atoms with Crippen molar-refractivity contribution in [3.05, 3.63) is 42.0 Å². The zero-order chi connectivity index (χ0) is 16.5. The average Bonchev–Trinajstić information content (AvgIpc) is 3.06. The molecule has 1 aromatic rings. The zero-order valence-corrected chi connectivity index (χ0v) is 13.0. The van der Waals surface area contributed by atoms with E-state index in [9.17, 15) is 14.4 Å². The van der Waals surface area contributed by atoms with E-state index in [1.807, 2.05) is 30.3 Å². The second-order valence-corrected chi connectivity index (χ2v) is 5.70. The first-order valence-corrected chi connectivity index (χ1v) is 7.88. The largest absolute Gasteiger partial charge is 0.289 e. The molecule has 1 N–H and O–H groups in total. The van der Waals surface area contributed by atoms with Crippen molar-refractivity contribution in [1.29, 1.82) is 0 Å². The summed E-state index contributed by atoms with van der Waals surface area (Å²) in [6, 6.07) is 9.34. The molecule has 0 heterocycles. The van der Waals surface area contributed by atoms with Crippen LogP contribution >= 0.6 is 0 Å². The minimum atomic E-state index is -0.447. The summed E-state index contributed by atoms with van der Waals surface area (Å²) < 4.78 is 0. The SMILES string of the molecule is O=[C]CN(NC(=O)CC1CCCC1)C(=O)C=Cc1ccccc1. The maximum atomic E-state index is 12.1. The van der Waals surface area contributed by atoms with Gasteiger partial charge in [0.1, 0.15) is 6.54 Å². The molecule has 1 saturated carbocycles. The maximum absolute atomic E-state index is 12.1. The summed E-state index contributed by atoms with van der Waals surface area (Å²) in [5, 5.41) is 1.00. The number of nitrogens with one attached hydrogen (secondary N) is 1. The van der Waals surface area contributed by atoms with Crippen LogP contribution in [0.1, 0.15) is 37.7 Å². The molecule has 2 amide bonds. The lowest BCUT2D eigenvalue weighted by Crippen LogP contribution is -2.46.